The number of anilines is 1. The monoisotopic (exact) mass is 294 g/mol. The summed E-state index contributed by atoms with van der Waals surface area (Å²) in [5.41, 5.74) is 1.17. The molecule has 1 aliphatic carbocycles. The number of aromatic nitrogens is 2. The third kappa shape index (κ3) is 2.32. The maximum Gasteiger partial charge on any atom is 0.195 e. The van der Waals surface area contributed by atoms with E-state index in [4.69, 9.17) is 4.98 Å². The van der Waals surface area contributed by atoms with Gasteiger partial charge in [0.15, 0.2) is 10.8 Å². The van der Waals surface area contributed by atoms with Crippen LogP contribution in [0.5, 0.6) is 0 Å². The Balaban J connectivity index is 1.95. The Morgan fingerprint density at radius 1 is 1.50 bits per heavy atom. The fourth-order valence-corrected chi connectivity index (χ4v) is 3.86. The number of hydrogen-bond acceptors (Lipinski definition) is 5. The van der Waals surface area contributed by atoms with E-state index in [0.29, 0.717) is 0 Å². The van der Waals surface area contributed by atoms with Gasteiger partial charge in [0, 0.05) is 25.2 Å². The van der Waals surface area contributed by atoms with Crippen molar-refractivity contribution in [3.8, 4) is 0 Å². The lowest BCUT2D eigenvalue weighted by Crippen LogP contribution is -2.44. The van der Waals surface area contributed by atoms with Crippen molar-refractivity contribution in [2.24, 2.45) is 0 Å². The Bertz CT molecular complexity index is 579. The van der Waals surface area contributed by atoms with E-state index >= 15 is 0 Å². The highest BCUT2D eigenvalue weighted by Crippen LogP contribution is 2.30. The molecule has 3 rings (SSSR count). The number of imidazole rings is 1. The van der Waals surface area contributed by atoms with E-state index in [0.717, 1.165) is 36.6 Å². The van der Waals surface area contributed by atoms with Crippen LogP contribution in [0.4, 0.5) is 5.82 Å². The van der Waals surface area contributed by atoms with E-state index in [1.54, 1.807) is 11.3 Å². The van der Waals surface area contributed by atoms with Gasteiger partial charge in [-0.15, -0.1) is 11.3 Å². The van der Waals surface area contributed by atoms with Gasteiger partial charge in [0.1, 0.15) is 0 Å². The van der Waals surface area contributed by atoms with Crippen molar-refractivity contribution in [3.63, 3.8) is 0 Å². The van der Waals surface area contributed by atoms with Crippen molar-refractivity contribution in [2.45, 2.75) is 44.4 Å². The van der Waals surface area contributed by atoms with Crippen LogP contribution in [0.2, 0.25) is 0 Å². The molecule has 2 unspecified atom stereocenters. The topological polar surface area (TPSA) is 52.8 Å². The molecule has 1 fully saturated rings. The standard InChI is InChI=1S/C14H22N4OS/c1-15-9-11-13(16-14-18(11)7-8-20-14)17(2)10-5-3-4-6-12(10)19/h7-8,10,12,15,19H,3-6,9H2,1-2H3. The largest absolute Gasteiger partial charge is 0.391 e. The molecule has 20 heavy (non-hydrogen) atoms. The molecular weight excluding hydrogens is 272 g/mol. The Morgan fingerprint density at radius 3 is 3.05 bits per heavy atom. The van der Waals surface area contributed by atoms with Gasteiger partial charge in [-0.05, 0) is 19.9 Å². The summed E-state index contributed by atoms with van der Waals surface area (Å²) in [5.74, 6) is 0.997. The number of aliphatic hydroxyl groups excluding tert-OH is 1. The summed E-state index contributed by atoms with van der Waals surface area (Å²) in [6, 6.07) is 0.184. The normalized spacial score (nSPS) is 23.4. The number of fused-ring (bicyclic) bond motifs is 1. The van der Waals surface area contributed by atoms with Gasteiger partial charge >= 0.3 is 0 Å². The highest BCUT2D eigenvalue weighted by Gasteiger charge is 2.29. The quantitative estimate of drug-likeness (QED) is 0.904. The van der Waals surface area contributed by atoms with E-state index in [1.165, 1.54) is 12.1 Å². The predicted octanol–water partition coefficient (Wildman–Crippen LogP) is 1.85. The molecule has 2 aromatic heterocycles. The summed E-state index contributed by atoms with van der Waals surface area (Å²) in [5, 5.41) is 15.5. The average Bonchev–Trinajstić information content (AvgIpc) is 3.01. The van der Waals surface area contributed by atoms with Crippen molar-refractivity contribution in [2.75, 3.05) is 19.0 Å². The van der Waals surface area contributed by atoms with Crippen molar-refractivity contribution >= 4 is 22.1 Å². The summed E-state index contributed by atoms with van der Waals surface area (Å²) < 4.78 is 2.14. The Hall–Kier alpha value is -1.11. The van der Waals surface area contributed by atoms with Crippen LogP contribution in [0.1, 0.15) is 31.4 Å². The first-order valence-electron chi connectivity index (χ1n) is 7.22. The van der Waals surface area contributed by atoms with Crippen LogP contribution in [0.3, 0.4) is 0 Å². The molecular formula is C14H22N4OS. The molecule has 1 saturated carbocycles. The molecule has 6 heteroatoms. The summed E-state index contributed by atoms with van der Waals surface area (Å²) >= 11 is 1.65. The van der Waals surface area contributed by atoms with Gasteiger partial charge in [0.25, 0.3) is 0 Å². The molecule has 0 spiro atoms. The molecule has 0 saturated heterocycles. The third-order valence-corrected chi connectivity index (χ3v) is 4.97. The Morgan fingerprint density at radius 2 is 2.30 bits per heavy atom. The van der Waals surface area contributed by atoms with E-state index in [2.05, 4.69) is 33.2 Å². The van der Waals surface area contributed by atoms with Gasteiger partial charge in [-0.25, -0.2) is 4.98 Å². The maximum atomic E-state index is 10.3. The third-order valence-electron chi connectivity index (χ3n) is 4.21. The van der Waals surface area contributed by atoms with E-state index in [9.17, 15) is 5.11 Å². The molecule has 2 atom stereocenters. The molecule has 2 aromatic rings. The minimum Gasteiger partial charge on any atom is -0.391 e. The van der Waals surface area contributed by atoms with Crippen LogP contribution >= 0.6 is 11.3 Å². The lowest BCUT2D eigenvalue weighted by atomic mass is 9.91. The average molecular weight is 294 g/mol. The summed E-state index contributed by atoms with van der Waals surface area (Å²) in [4.78, 5) is 7.95. The summed E-state index contributed by atoms with van der Waals surface area (Å²) in [6.07, 6.45) is 6.09. The van der Waals surface area contributed by atoms with Crippen molar-refractivity contribution in [1.82, 2.24) is 14.7 Å². The predicted molar refractivity (Wildman–Crippen MR) is 82.5 cm³/mol. The zero-order valence-electron chi connectivity index (χ0n) is 12.0. The van der Waals surface area contributed by atoms with Crippen LogP contribution in [0.25, 0.3) is 4.96 Å². The number of nitrogens with zero attached hydrogens (tertiary/aromatic N) is 3. The van der Waals surface area contributed by atoms with Gasteiger partial charge in [0.2, 0.25) is 0 Å². The van der Waals surface area contributed by atoms with Gasteiger partial charge in [-0.2, -0.15) is 0 Å². The van der Waals surface area contributed by atoms with Gasteiger partial charge < -0.3 is 15.3 Å². The fourth-order valence-electron chi connectivity index (χ4n) is 3.14. The zero-order valence-corrected chi connectivity index (χ0v) is 12.9. The van der Waals surface area contributed by atoms with Gasteiger partial charge in [-0.3, -0.25) is 4.40 Å². The highest BCUT2D eigenvalue weighted by molar-refractivity contribution is 7.15. The molecule has 1 aliphatic rings. The molecule has 2 N–H and O–H groups in total. The highest BCUT2D eigenvalue weighted by atomic mass is 32.1. The summed E-state index contributed by atoms with van der Waals surface area (Å²) in [7, 11) is 4.01. The summed E-state index contributed by atoms with van der Waals surface area (Å²) in [6.45, 7) is 0.778. The van der Waals surface area contributed by atoms with Crippen LogP contribution in [-0.2, 0) is 6.54 Å². The fraction of sp³-hybridized carbons (Fsp3) is 0.643. The smallest absolute Gasteiger partial charge is 0.195 e. The molecule has 5 nitrogen and oxygen atoms in total. The van der Waals surface area contributed by atoms with Crippen LogP contribution in [0, 0.1) is 0 Å². The first-order chi connectivity index (χ1) is 9.72. The van der Waals surface area contributed by atoms with Gasteiger partial charge in [0.05, 0.1) is 17.8 Å². The second-order valence-corrected chi connectivity index (χ2v) is 6.37. The maximum absolute atomic E-state index is 10.3. The number of hydrogen-bond donors (Lipinski definition) is 2. The molecule has 2 heterocycles. The minimum atomic E-state index is -0.240. The molecule has 0 radical (unpaired) electrons. The minimum absolute atomic E-state index is 0.184. The second-order valence-electron chi connectivity index (χ2n) is 5.50. The number of likely N-dealkylation sites (N-methyl/N-ethyl adjacent to an activating group) is 1. The molecule has 0 amide bonds. The van der Waals surface area contributed by atoms with Crippen molar-refractivity contribution in [3.05, 3.63) is 17.3 Å². The van der Waals surface area contributed by atoms with Crippen molar-refractivity contribution < 1.29 is 5.11 Å². The van der Waals surface area contributed by atoms with E-state index in [-0.39, 0.29) is 12.1 Å². The SMILES string of the molecule is CNCc1c(N(C)C2CCCCC2O)nc2sccn12. The zero-order chi connectivity index (χ0) is 14.1. The van der Waals surface area contributed by atoms with Crippen LogP contribution < -0.4 is 10.2 Å². The van der Waals surface area contributed by atoms with E-state index < -0.39 is 0 Å². The first kappa shape index (κ1) is 13.9. The molecule has 0 aromatic carbocycles. The van der Waals surface area contributed by atoms with Crippen LogP contribution in [0.15, 0.2) is 11.6 Å². The Labute approximate surface area is 123 Å². The molecule has 0 aliphatic heterocycles. The van der Waals surface area contributed by atoms with Crippen molar-refractivity contribution in [1.29, 1.82) is 0 Å². The second kappa shape index (κ2) is 5.71. The molecule has 0 bridgehead atoms. The first-order valence-corrected chi connectivity index (χ1v) is 8.10. The lowest BCUT2D eigenvalue weighted by molar-refractivity contribution is 0.106. The van der Waals surface area contributed by atoms with Crippen LogP contribution in [-0.4, -0.2) is 40.7 Å². The number of rotatable bonds is 4. The lowest BCUT2D eigenvalue weighted by Gasteiger charge is -2.35. The number of nitrogens with one attached hydrogen (secondary N) is 1. The number of thiazole rings is 1. The Kier molecular flexibility index (Phi) is 3.96. The van der Waals surface area contributed by atoms with E-state index in [1.807, 2.05) is 7.05 Å². The molecule has 110 valence electrons. The number of aliphatic hydroxyl groups is 1. The van der Waals surface area contributed by atoms with Gasteiger partial charge in [-0.1, -0.05) is 12.8 Å².